The Morgan fingerprint density at radius 3 is 2.34 bits per heavy atom. The Bertz CT molecular complexity index is 1250. The van der Waals surface area contributed by atoms with Gasteiger partial charge in [0.2, 0.25) is 5.95 Å². The van der Waals surface area contributed by atoms with E-state index in [9.17, 15) is 9.18 Å². The van der Waals surface area contributed by atoms with Crippen LogP contribution in [0.15, 0.2) is 73.2 Å². The van der Waals surface area contributed by atoms with Crippen molar-refractivity contribution in [3.63, 3.8) is 0 Å². The first-order valence-electron chi connectivity index (χ1n) is 11.7. The Hall–Kier alpha value is -4.14. The number of hydrogen-bond acceptors (Lipinski definition) is 6. The van der Waals surface area contributed by atoms with E-state index in [1.807, 2.05) is 30.3 Å². The molecule has 0 aliphatic carbocycles. The number of carbonyl (C=O) groups excluding carboxylic acids is 1. The van der Waals surface area contributed by atoms with E-state index in [1.54, 1.807) is 35.4 Å². The Kier molecular flexibility index (Phi) is 6.74. The second-order valence-corrected chi connectivity index (χ2v) is 8.59. The fourth-order valence-electron chi connectivity index (χ4n) is 4.15. The largest absolute Gasteiger partial charge is 0.341 e. The summed E-state index contributed by atoms with van der Waals surface area (Å²) in [4.78, 5) is 26.3. The molecule has 9 heteroatoms. The van der Waals surface area contributed by atoms with E-state index in [2.05, 4.69) is 25.2 Å². The van der Waals surface area contributed by atoms with Gasteiger partial charge in [-0.3, -0.25) is 4.79 Å². The molecule has 1 amide bonds. The fourth-order valence-corrected chi connectivity index (χ4v) is 4.15. The van der Waals surface area contributed by atoms with Crippen LogP contribution in [0.1, 0.15) is 40.9 Å². The van der Waals surface area contributed by atoms with Crippen molar-refractivity contribution in [2.45, 2.75) is 32.4 Å². The van der Waals surface area contributed by atoms with Crippen molar-refractivity contribution in [3.05, 3.63) is 95.8 Å². The highest BCUT2D eigenvalue weighted by molar-refractivity contribution is 6.04. The van der Waals surface area contributed by atoms with Gasteiger partial charge in [-0.25, -0.2) is 19.0 Å². The Morgan fingerprint density at radius 2 is 1.63 bits per heavy atom. The first-order valence-corrected chi connectivity index (χ1v) is 11.7. The predicted molar refractivity (Wildman–Crippen MR) is 131 cm³/mol. The monoisotopic (exact) mass is 471 g/mol. The average molecular weight is 472 g/mol. The molecule has 0 unspecified atom stereocenters. The summed E-state index contributed by atoms with van der Waals surface area (Å²) in [5.41, 5.74) is 2.57. The van der Waals surface area contributed by atoms with Gasteiger partial charge in [0, 0.05) is 36.7 Å². The van der Waals surface area contributed by atoms with Gasteiger partial charge >= 0.3 is 0 Å². The van der Waals surface area contributed by atoms with Gasteiger partial charge in [0.15, 0.2) is 5.69 Å². The second kappa shape index (κ2) is 10.4. The Labute approximate surface area is 203 Å². The molecular weight excluding hydrogens is 445 g/mol. The normalized spacial score (nSPS) is 13.6. The molecule has 1 saturated heterocycles. The van der Waals surface area contributed by atoms with E-state index in [0.29, 0.717) is 18.2 Å². The predicted octanol–water partition coefficient (Wildman–Crippen LogP) is 4.09. The van der Waals surface area contributed by atoms with E-state index >= 15 is 0 Å². The molecule has 1 fully saturated rings. The minimum absolute atomic E-state index is 0.205. The summed E-state index contributed by atoms with van der Waals surface area (Å²) >= 11 is 0. The van der Waals surface area contributed by atoms with E-state index in [1.165, 1.54) is 23.5 Å². The van der Waals surface area contributed by atoms with E-state index in [-0.39, 0.29) is 24.0 Å². The van der Waals surface area contributed by atoms with Gasteiger partial charge in [0.25, 0.3) is 5.91 Å². The number of nitrogens with zero attached hydrogens (tertiary/aromatic N) is 7. The lowest BCUT2D eigenvalue weighted by molar-refractivity contribution is 0.0980. The third-order valence-electron chi connectivity index (χ3n) is 6.00. The lowest BCUT2D eigenvalue weighted by Gasteiger charge is -2.27. The molecule has 2 aromatic carbocycles. The van der Waals surface area contributed by atoms with Crippen LogP contribution in [-0.4, -0.2) is 44.0 Å². The fraction of sp³-hybridized carbons (Fsp3) is 0.269. The average Bonchev–Trinajstić information content (AvgIpc) is 3.37. The van der Waals surface area contributed by atoms with Crippen LogP contribution in [0.4, 0.5) is 16.0 Å². The number of hydrogen-bond donors (Lipinski definition) is 0. The molecule has 35 heavy (non-hydrogen) atoms. The number of carbonyl (C=O) groups is 1. The molecule has 3 heterocycles. The number of piperidine rings is 1. The summed E-state index contributed by atoms with van der Waals surface area (Å²) in [6.07, 6.45) is 8.63. The van der Waals surface area contributed by atoms with Gasteiger partial charge in [0.1, 0.15) is 5.82 Å². The van der Waals surface area contributed by atoms with Gasteiger partial charge in [-0.05, 0) is 49.1 Å². The molecule has 4 aromatic rings. The van der Waals surface area contributed by atoms with Crippen LogP contribution in [0.25, 0.3) is 0 Å². The third kappa shape index (κ3) is 5.51. The third-order valence-corrected chi connectivity index (χ3v) is 6.00. The zero-order valence-corrected chi connectivity index (χ0v) is 19.3. The maximum absolute atomic E-state index is 13.6. The first-order chi connectivity index (χ1) is 17.2. The Balaban J connectivity index is 1.36. The molecule has 0 saturated carbocycles. The van der Waals surface area contributed by atoms with Crippen LogP contribution in [0.3, 0.4) is 0 Å². The molecule has 0 spiro atoms. The van der Waals surface area contributed by atoms with Gasteiger partial charge in [-0.2, -0.15) is 0 Å². The van der Waals surface area contributed by atoms with Crippen LogP contribution >= 0.6 is 0 Å². The summed E-state index contributed by atoms with van der Waals surface area (Å²) < 4.78 is 15.2. The quantitative estimate of drug-likeness (QED) is 0.404. The van der Waals surface area contributed by atoms with Crippen LogP contribution in [0.5, 0.6) is 0 Å². The molecule has 1 aliphatic rings. The van der Waals surface area contributed by atoms with Crippen molar-refractivity contribution in [1.82, 2.24) is 25.0 Å². The highest BCUT2D eigenvalue weighted by atomic mass is 19.1. The summed E-state index contributed by atoms with van der Waals surface area (Å²) in [5, 5.41) is 8.22. The minimum Gasteiger partial charge on any atom is -0.341 e. The van der Waals surface area contributed by atoms with Gasteiger partial charge in [-0.15, -0.1) is 5.10 Å². The van der Waals surface area contributed by atoms with Gasteiger partial charge in [0.05, 0.1) is 19.3 Å². The molecule has 178 valence electrons. The summed E-state index contributed by atoms with van der Waals surface area (Å²) in [6.45, 7) is 2.64. The second-order valence-electron chi connectivity index (χ2n) is 8.59. The molecule has 0 atom stereocenters. The highest BCUT2D eigenvalue weighted by Crippen LogP contribution is 2.21. The highest BCUT2D eigenvalue weighted by Gasteiger charge is 2.22. The number of aromatic nitrogens is 5. The van der Waals surface area contributed by atoms with Crippen molar-refractivity contribution in [2.24, 2.45) is 0 Å². The first kappa shape index (κ1) is 22.6. The van der Waals surface area contributed by atoms with Gasteiger partial charge in [-0.1, -0.05) is 35.5 Å². The lowest BCUT2D eigenvalue weighted by Crippen LogP contribution is -2.32. The van der Waals surface area contributed by atoms with E-state index < -0.39 is 0 Å². The number of rotatable bonds is 7. The molecule has 0 N–H and O–H groups in total. The number of benzene rings is 2. The summed E-state index contributed by atoms with van der Waals surface area (Å²) in [6, 6.07) is 15.6. The molecule has 1 aliphatic heterocycles. The zero-order chi connectivity index (χ0) is 24.0. The molecular formula is C26H26FN7O. The summed E-state index contributed by atoms with van der Waals surface area (Å²) in [5.74, 6) is -0.00263. The van der Waals surface area contributed by atoms with Crippen LogP contribution < -0.4 is 9.80 Å². The molecule has 2 aromatic heterocycles. The smallest absolute Gasteiger partial charge is 0.280 e. The van der Waals surface area contributed by atoms with Crippen molar-refractivity contribution in [2.75, 3.05) is 22.9 Å². The van der Waals surface area contributed by atoms with E-state index in [4.69, 9.17) is 0 Å². The van der Waals surface area contributed by atoms with Crippen molar-refractivity contribution >= 4 is 17.5 Å². The molecule has 5 rings (SSSR count). The van der Waals surface area contributed by atoms with Crippen LogP contribution in [0.2, 0.25) is 0 Å². The number of amides is 1. The SMILES string of the molecule is O=C(c1cn(Cc2ccccc2)nn1)N(Cc1cnc(N2CCCCC2)nc1)c1ccc(F)cc1. The van der Waals surface area contributed by atoms with E-state index in [0.717, 1.165) is 37.1 Å². The minimum atomic E-state index is -0.371. The standard InChI is InChI=1S/C26H26FN7O/c27-22-9-11-23(12-10-22)34(18-21-15-28-26(29-16-21)32-13-5-2-6-14-32)25(35)24-19-33(31-30-24)17-20-7-3-1-4-8-20/h1,3-4,7-12,15-16,19H,2,5-6,13-14,17-18H2. The van der Waals surface area contributed by atoms with Crippen molar-refractivity contribution in [3.8, 4) is 0 Å². The lowest BCUT2D eigenvalue weighted by atomic mass is 10.1. The van der Waals surface area contributed by atoms with Crippen molar-refractivity contribution in [1.29, 1.82) is 0 Å². The number of halogens is 1. The number of anilines is 2. The molecule has 0 radical (unpaired) electrons. The molecule has 8 nitrogen and oxygen atoms in total. The summed E-state index contributed by atoms with van der Waals surface area (Å²) in [7, 11) is 0. The maximum atomic E-state index is 13.6. The van der Waals surface area contributed by atoms with Crippen LogP contribution in [-0.2, 0) is 13.1 Å². The van der Waals surface area contributed by atoms with Crippen LogP contribution in [0, 0.1) is 5.82 Å². The Morgan fingerprint density at radius 1 is 0.914 bits per heavy atom. The van der Waals surface area contributed by atoms with Gasteiger partial charge < -0.3 is 9.80 Å². The molecule has 0 bridgehead atoms. The maximum Gasteiger partial charge on any atom is 0.280 e. The zero-order valence-electron chi connectivity index (χ0n) is 19.3. The topological polar surface area (TPSA) is 80.0 Å². The van der Waals surface area contributed by atoms with Crippen molar-refractivity contribution < 1.29 is 9.18 Å².